The number of anilines is 2. The number of hydrogen-bond acceptors (Lipinski definition) is 8. The van der Waals surface area contributed by atoms with Crippen LogP contribution in [0.3, 0.4) is 0 Å². The first-order valence-corrected chi connectivity index (χ1v) is 11.6. The number of nitrogens with zero attached hydrogens (tertiary/aromatic N) is 3. The van der Waals surface area contributed by atoms with Crippen molar-refractivity contribution in [2.75, 3.05) is 51.4 Å². The zero-order valence-electron chi connectivity index (χ0n) is 19.5. The third-order valence-corrected chi connectivity index (χ3v) is 6.27. The molecule has 1 fully saturated rings. The van der Waals surface area contributed by atoms with E-state index in [1.54, 1.807) is 31.5 Å². The van der Waals surface area contributed by atoms with Crippen molar-refractivity contribution in [3.05, 3.63) is 46.6 Å². The maximum atomic E-state index is 12.9. The van der Waals surface area contributed by atoms with Crippen molar-refractivity contribution >= 4 is 29.0 Å². The number of hydrogen-bond donors (Lipinski definition) is 3. The van der Waals surface area contributed by atoms with E-state index in [1.807, 2.05) is 0 Å². The Bertz CT molecular complexity index is 1030. The summed E-state index contributed by atoms with van der Waals surface area (Å²) in [6, 6.07) is 8.61. The average molecular weight is 487 g/mol. The third-order valence-electron chi connectivity index (χ3n) is 5.95. The van der Waals surface area contributed by atoms with Gasteiger partial charge in [0.15, 0.2) is 0 Å². The Hall–Kier alpha value is -3.06. The van der Waals surface area contributed by atoms with Crippen molar-refractivity contribution in [3.63, 3.8) is 0 Å². The Kier molecular flexibility index (Phi) is 9.33. The number of piperidine rings is 1. The van der Waals surface area contributed by atoms with Crippen LogP contribution in [0.15, 0.2) is 30.5 Å². The lowest BCUT2D eigenvalue weighted by Crippen LogP contribution is -2.54. The van der Waals surface area contributed by atoms with Gasteiger partial charge >= 0.3 is 0 Å². The van der Waals surface area contributed by atoms with Gasteiger partial charge in [-0.15, -0.1) is 0 Å². The SMILES string of the molecule is COc1cc(N)c(Cl)cc1C(=O)N[C@H]1CCN(CCCCNc2ncccc2C#N)C[C@H]1OC. The molecule has 1 aromatic heterocycles. The van der Waals surface area contributed by atoms with E-state index in [0.717, 1.165) is 45.4 Å². The minimum absolute atomic E-state index is 0.120. The fourth-order valence-electron chi connectivity index (χ4n) is 4.05. The summed E-state index contributed by atoms with van der Waals surface area (Å²) in [5.74, 6) is 0.739. The molecule has 182 valence electrons. The summed E-state index contributed by atoms with van der Waals surface area (Å²) < 4.78 is 11.0. The number of rotatable bonds is 10. The molecule has 2 aromatic rings. The van der Waals surface area contributed by atoms with Gasteiger partial charge in [-0.2, -0.15) is 5.26 Å². The van der Waals surface area contributed by atoms with E-state index in [0.29, 0.717) is 33.4 Å². The fraction of sp³-hybridized carbons (Fsp3) is 0.458. The number of halogens is 1. The van der Waals surface area contributed by atoms with Crippen LogP contribution >= 0.6 is 11.6 Å². The van der Waals surface area contributed by atoms with Crippen molar-refractivity contribution in [2.45, 2.75) is 31.4 Å². The van der Waals surface area contributed by atoms with Crippen LogP contribution in [0.4, 0.5) is 11.5 Å². The van der Waals surface area contributed by atoms with Gasteiger partial charge in [0, 0.05) is 39.0 Å². The third kappa shape index (κ3) is 6.50. The molecule has 2 heterocycles. The summed E-state index contributed by atoms with van der Waals surface area (Å²) in [4.78, 5) is 19.5. The topological polar surface area (TPSA) is 126 Å². The Balaban J connectivity index is 1.46. The molecule has 0 saturated carbocycles. The number of likely N-dealkylation sites (tertiary alicyclic amines) is 1. The summed E-state index contributed by atoms with van der Waals surface area (Å²) in [6.45, 7) is 3.26. The number of aromatic nitrogens is 1. The van der Waals surface area contributed by atoms with Gasteiger partial charge in [-0.1, -0.05) is 11.6 Å². The predicted molar refractivity (Wildman–Crippen MR) is 132 cm³/mol. The Morgan fingerprint density at radius 2 is 2.21 bits per heavy atom. The molecule has 1 amide bonds. The van der Waals surface area contributed by atoms with Crippen LogP contribution in [-0.4, -0.2) is 68.3 Å². The monoisotopic (exact) mass is 486 g/mol. The summed E-state index contributed by atoms with van der Waals surface area (Å²) in [5, 5.41) is 15.7. The number of benzene rings is 1. The number of nitrogens with one attached hydrogen (secondary N) is 2. The number of carbonyl (C=O) groups excluding carboxylic acids is 1. The average Bonchev–Trinajstić information content (AvgIpc) is 2.86. The van der Waals surface area contributed by atoms with Crippen LogP contribution in [0.1, 0.15) is 35.2 Å². The zero-order valence-corrected chi connectivity index (χ0v) is 20.3. The number of carbonyl (C=O) groups is 1. The highest BCUT2D eigenvalue weighted by atomic mass is 35.5. The molecule has 10 heteroatoms. The van der Waals surface area contributed by atoms with E-state index in [1.165, 1.54) is 13.2 Å². The highest BCUT2D eigenvalue weighted by Crippen LogP contribution is 2.29. The summed E-state index contributed by atoms with van der Waals surface area (Å²) >= 11 is 6.11. The Morgan fingerprint density at radius 1 is 1.38 bits per heavy atom. The highest BCUT2D eigenvalue weighted by molar-refractivity contribution is 6.33. The van der Waals surface area contributed by atoms with E-state index in [4.69, 9.17) is 32.1 Å². The molecule has 34 heavy (non-hydrogen) atoms. The zero-order chi connectivity index (χ0) is 24.5. The summed E-state index contributed by atoms with van der Waals surface area (Å²) in [5.41, 5.74) is 7.08. The first-order valence-electron chi connectivity index (χ1n) is 11.2. The van der Waals surface area contributed by atoms with E-state index >= 15 is 0 Å². The molecule has 0 aliphatic carbocycles. The van der Waals surface area contributed by atoms with Crippen LogP contribution in [0.2, 0.25) is 5.02 Å². The molecular formula is C24H31ClN6O3. The lowest BCUT2D eigenvalue weighted by molar-refractivity contribution is 0.00606. The molecule has 1 saturated heterocycles. The number of nitrogens with two attached hydrogens (primary N) is 1. The Morgan fingerprint density at radius 3 is 2.94 bits per heavy atom. The molecule has 1 aliphatic rings. The summed E-state index contributed by atoms with van der Waals surface area (Å²) in [6.07, 6.45) is 4.27. The molecule has 1 aliphatic heterocycles. The molecule has 4 N–H and O–H groups in total. The van der Waals surface area contributed by atoms with Crippen LogP contribution in [0, 0.1) is 11.3 Å². The van der Waals surface area contributed by atoms with Crippen LogP contribution in [0.5, 0.6) is 5.75 Å². The van der Waals surface area contributed by atoms with Crippen molar-refractivity contribution in [3.8, 4) is 11.8 Å². The molecule has 3 rings (SSSR count). The van der Waals surface area contributed by atoms with E-state index < -0.39 is 0 Å². The number of pyridine rings is 1. The fourth-order valence-corrected chi connectivity index (χ4v) is 4.22. The molecule has 0 unspecified atom stereocenters. The molecule has 0 spiro atoms. The smallest absolute Gasteiger partial charge is 0.255 e. The van der Waals surface area contributed by atoms with E-state index in [9.17, 15) is 4.79 Å². The van der Waals surface area contributed by atoms with Crippen molar-refractivity contribution in [1.82, 2.24) is 15.2 Å². The van der Waals surface area contributed by atoms with Gasteiger partial charge in [0.25, 0.3) is 5.91 Å². The van der Waals surface area contributed by atoms with E-state index in [-0.39, 0.29) is 18.1 Å². The molecule has 9 nitrogen and oxygen atoms in total. The first kappa shape index (κ1) is 25.6. The number of amides is 1. The molecule has 1 aromatic carbocycles. The van der Waals surface area contributed by atoms with Crippen LogP contribution < -0.4 is 21.1 Å². The van der Waals surface area contributed by atoms with Gasteiger partial charge in [0.1, 0.15) is 17.6 Å². The lowest BCUT2D eigenvalue weighted by atomic mass is 10.0. The molecule has 0 bridgehead atoms. The van der Waals surface area contributed by atoms with Gasteiger partial charge in [0.2, 0.25) is 0 Å². The second kappa shape index (κ2) is 12.4. The second-order valence-electron chi connectivity index (χ2n) is 8.16. The largest absolute Gasteiger partial charge is 0.496 e. The molecular weight excluding hydrogens is 456 g/mol. The minimum atomic E-state index is -0.267. The van der Waals surface area contributed by atoms with Crippen molar-refractivity contribution in [1.29, 1.82) is 5.26 Å². The highest BCUT2D eigenvalue weighted by Gasteiger charge is 2.31. The van der Waals surface area contributed by atoms with Gasteiger partial charge in [-0.3, -0.25) is 4.79 Å². The van der Waals surface area contributed by atoms with E-state index in [2.05, 4.69) is 26.6 Å². The first-order chi connectivity index (χ1) is 16.5. The van der Waals surface area contributed by atoms with Gasteiger partial charge < -0.3 is 30.7 Å². The number of ether oxygens (including phenoxy) is 2. The number of nitrogen functional groups attached to an aromatic ring is 1. The maximum absolute atomic E-state index is 12.9. The van der Waals surface area contributed by atoms with Crippen molar-refractivity contribution in [2.24, 2.45) is 0 Å². The summed E-state index contributed by atoms with van der Waals surface area (Å²) in [7, 11) is 3.15. The normalized spacial score (nSPS) is 18.2. The minimum Gasteiger partial charge on any atom is -0.496 e. The number of methoxy groups -OCH3 is 2. The Labute approximate surface area is 205 Å². The van der Waals surface area contributed by atoms with Crippen LogP contribution in [-0.2, 0) is 4.74 Å². The number of nitriles is 1. The van der Waals surface area contributed by atoms with Crippen LogP contribution in [0.25, 0.3) is 0 Å². The van der Waals surface area contributed by atoms with Gasteiger partial charge in [-0.25, -0.2) is 4.98 Å². The van der Waals surface area contributed by atoms with Crippen molar-refractivity contribution < 1.29 is 14.3 Å². The number of unbranched alkanes of at least 4 members (excludes halogenated alkanes) is 1. The molecule has 2 atom stereocenters. The lowest BCUT2D eigenvalue weighted by Gasteiger charge is -2.38. The second-order valence-corrected chi connectivity index (χ2v) is 8.57. The van der Waals surface area contributed by atoms with Gasteiger partial charge in [0.05, 0.1) is 41.1 Å². The maximum Gasteiger partial charge on any atom is 0.255 e. The standard InChI is InChI=1S/C24H31ClN6O3/c1-33-21-13-19(27)18(25)12-17(21)24(32)30-20-7-11-31(15-22(20)34-2)10-4-3-8-28-23-16(14-26)6-5-9-29-23/h5-6,9,12-13,20,22H,3-4,7-8,10-11,15,27H2,1-2H3,(H,28,29)(H,30,32)/t20-,22+/m0/s1. The predicted octanol–water partition coefficient (Wildman–Crippen LogP) is 2.91. The van der Waals surface area contributed by atoms with Gasteiger partial charge in [-0.05, 0) is 44.0 Å². The quantitative estimate of drug-likeness (QED) is 0.345. The molecule has 0 radical (unpaired) electrons.